The summed E-state index contributed by atoms with van der Waals surface area (Å²) >= 11 is 0. The second kappa shape index (κ2) is 9.03. The van der Waals surface area contributed by atoms with Crippen LogP contribution in [0.4, 0.5) is 5.69 Å². The van der Waals surface area contributed by atoms with E-state index < -0.39 is 17.4 Å². The van der Waals surface area contributed by atoms with Crippen molar-refractivity contribution in [3.8, 4) is 0 Å². The Morgan fingerprint density at radius 3 is 2.19 bits per heavy atom. The summed E-state index contributed by atoms with van der Waals surface area (Å²) in [7, 11) is 2.16. The molecule has 6 nitrogen and oxygen atoms in total. The molecule has 0 unspecified atom stereocenters. The summed E-state index contributed by atoms with van der Waals surface area (Å²) in [4.78, 5) is 28.2. The Hall–Kier alpha value is -2.08. The quantitative estimate of drug-likeness (QED) is 0.615. The van der Waals surface area contributed by atoms with E-state index >= 15 is 0 Å². The zero-order valence-corrected chi connectivity index (χ0v) is 16.5. The Morgan fingerprint density at radius 1 is 1.00 bits per heavy atom. The van der Waals surface area contributed by atoms with Crippen LogP contribution < -0.4 is 15.5 Å². The number of aryl methyl sites for hydroxylation is 1. The summed E-state index contributed by atoms with van der Waals surface area (Å²) in [6, 6.07) is 8.66. The van der Waals surface area contributed by atoms with Gasteiger partial charge in [-0.15, -0.1) is 0 Å². The molecule has 2 N–H and O–H groups in total. The fourth-order valence-corrected chi connectivity index (χ4v) is 2.91. The van der Waals surface area contributed by atoms with Crippen molar-refractivity contribution in [3.63, 3.8) is 0 Å². The molecular formula is C20H32N4O2. The van der Waals surface area contributed by atoms with Crippen molar-refractivity contribution in [1.82, 2.24) is 15.5 Å². The van der Waals surface area contributed by atoms with Crippen LogP contribution in [-0.4, -0.2) is 62.0 Å². The fraction of sp³-hybridized carbons (Fsp3) is 0.600. The summed E-state index contributed by atoms with van der Waals surface area (Å²) in [5, 5.41) is 5.34. The third-order valence-electron chi connectivity index (χ3n) is 4.43. The minimum atomic E-state index is -0.575. The third kappa shape index (κ3) is 6.67. The Balaban J connectivity index is 1.70. The molecule has 2 amide bonds. The van der Waals surface area contributed by atoms with Crippen LogP contribution in [0.15, 0.2) is 24.3 Å². The molecule has 1 fully saturated rings. The van der Waals surface area contributed by atoms with Gasteiger partial charge in [0.05, 0.1) is 0 Å². The van der Waals surface area contributed by atoms with Gasteiger partial charge in [-0.25, -0.2) is 0 Å². The van der Waals surface area contributed by atoms with Gasteiger partial charge in [-0.2, -0.15) is 0 Å². The Labute approximate surface area is 156 Å². The highest BCUT2D eigenvalue weighted by Crippen LogP contribution is 2.17. The molecule has 1 aliphatic rings. The number of carbonyl (C=O) groups is 2. The summed E-state index contributed by atoms with van der Waals surface area (Å²) in [6.45, 7) is 10.4. The van der Waals surface area contributed by atoms with E-state index in [2.05, 4.69) is 51.7 Å². The molecule has 6 heteroatoms. The molecule has 2 rings (SSSR count). The lowest BCUT2D eigenvalue weighted by Crippen LogP contribution is -2.48. The van der Waals surface area contributed by atoms with Gasteiger partial charge < -0.3 is 20.4 Å². The number of nitrogens with one attached hydrogen (secondary N) is 2. The number of nitrogens with zero attached hydrogens (tertiary/aromatic N) is 2. The highest BCUT2D eigenvalue weighted by molar-refractivity contribution is 6.35. The van der Waals surface area contributed by atoms with E-state index in [1.165, 1.54) is 11.3 Å². The fourth-order valence-electron chi connectivity index (χ4n) is 2.91. The molecule has 0 atom stereocenters. The molecule has 1 saturated heterocycles. The highest BCUT2D eigenvalue weighted by atomic mass is 16.2. The summed E-state index contributed by atoms with van der Waals surface area (Å²) in [5.74, 6) is -1.14. The molecule has 0 saturated carbocycles. The Morgan fingerprint density at radius 2 is 1.62 bits per heavy atom. The number of hydrogen-bond acceptors (Lipinski definition) is 4. The van der Waals surface area contributed by atoms with E-state index in [0.717, 1.165) is 39.0 Å². The van der Waals surface area contributed by atoms with Crippen LogP contribution in [0.5, 0.6) is 0 Å². The lowest BCUT2D eigenvalue weighted by molar-refractivity contribution is -0.140. The van der Waals surface area contributed by atoms with Gasteiger partial charge in [0.15, 0.2) is 0 Å². The van der Waals surface area contributed by atoms with E-state index in [-0.39, 0.29) is 0 Å². The van der Waals surface area contributed by atoms with E-state index in [1.807, 2.05) is 20.8 Å². The number of hydrogen-bond donors (Lipinski definition) is 2. The topological polar surface area (TPSA) is 64.7 Å². The summed E-state index contributed by atoms with van der Waals surface area (Å²) in [5.41, 5.74) is 2.12. The van der Waals surface area contributed by atoms with Gasteiger partial charge in [0.2, 0.25) is 0 Å². The molecular weight excluding hydrogens is 328 g/mol. The molecule has 0 radical (unpaired) electrons. The number of amides is 2. The van der Waals surface area contributed by atoms with Crippen molar-refractivity contribution in [2.45, 2.75) is 39.2 Å². The third-order valence-corrected chi connectivity index (χ3v) is 4.43. The van der Waals surface area contributed by atoms with Gasteiger partial charge >= 0.3 is 11.8 Å². The smallest absolute Gasteiger partial charge is 0.309 e. The molecule has 1 aromatic rings. The Kier molecular flexibility index (Phi) is 7.03. The standard InChI is InChI=1S/C20H32N4O2/c1-20(2,3)22-19(26)18(25)21-11-5-6-16-7-9-17(10-8-16)24-14-12-23(4)13-15-24/h7-10H,5-6,11-15H2,1-4H3,(H,21,25)(H,22,26). The van der Waals surface area contributed by atoms with Crippen LogP contribution in [0.2, 0.25) is 0 Å². The first-order valence-corrected chi connectivity index (χ1v) is 9.37. The average Bonchev–Trinajstić information content (AvgIpc) is 2.58. The SMILES string of the molecule is CN1CCN(c2ccc(CCCNC(=O)C(=O)NC(C)(C)C)cc2)CC1. The number of piperazine rings is 1. The molecule has 0 spiro atoms. The van der Waals surface area contributed by atoms with E-state index in [0.29, 0.717) is 6.54 Å². The van der Waals surface area contributed by atoms with Crippen molar-refractivity contribution in [2.75, 3.05) is 44.7 Å². The number of anilines is 1. The van der Waals surface area contributed by atoms with Crippen molar-refractivity contribution in [1.29, 1.82) is 0 Å². The normalized spacial score (nSPS) is 15.6. The maximum Gasteiger partial charge on any atom is 0.309 e. The lowest BCUT2D eigenvalue weighted by atomic mass is 10.1. The molecule has 144 valence electrons. The van der Waals surface area contributed by atoms with Crippen molar-refractivity contribution >= 4 is 17.5 Å². The molecule has 1 aliphatic heterocycles. The Bertz CT molecular complexity index is 599. The van der Waals surface area contributed by atoms with Crippen molar-refractivity contribution in [2.24, 2.45) is 0 Å². The van der Waals surface area contributed by atoms with Crippen LogP contribution >= 0.6 is 0 Å². The predicted molar refractivity (Wildman–Crippen MR) is 105 cm³/mol. The van der Waals surface area contributed by atoms with Gasteiger partial charge in [0, 0.05) is 44.0 Å². The van der Waals surface area contributed by atoms with Crippen LogP contribution in [0, 0.1) is 0 Å². The first-order valence-electron chi connectivity index (χ1n) is 9.37. The molecule has 0 aromatic heterocycles. The second-order valence-electron chi connectivity index (χ2n) is 8.02. The van der Waals surface area contributed by atoms with Gasteiger partial charge in [-0.3, -0.25) is 9.59 Å². The first kappa shape index (κ1) is 20.2. The minimum absolute atomic E-state index is 0.403. The van der Waals surface area contributed by atoms with Gasteiger partial charge in [0.1, 0.15) is 0 Å². The monoisotopic (exact) mass is 360 g/mol. The minimum Gasteiger partial charge on any atom is -0.369 e. The molecule has 0 aliphatic carbocycles. The maximum atomic E-state index is 11.7. The predicted octanol–water partition coefficient (Wildman–Crippen LogP) is 1.40. The zero-order chi connectivity index (χ0) is 19.2. The average molecular weight is 361 g/mol. The van der Waals surface area contributed by atoms with Crippen molar-refractivity contribution in [3.05, 3.63) is 29.8 Å². The van der Waals surface area contributed by atoms with Crippen LogP contribution in [0.25, 0.3) is 0 Å². The molecule has 1 heterocycles. The number of likely N-dealkylation sites (N-methyl/N-ethyl adjacent to an activating group) is 1. The second-order valence-corrected chi connectivity index (χ2v) is 8.02. The summed E-state index contributed by atoms with van der Waals surface area (Å²) in [6.07, 6.45) is 1.69. The molecule has 1 aromatic carbocycles. The van der Waals surface area contributed by atoms with E-state index in [4.69, 9.17) is 0 Å². The lowest BCUT2D eigenvalue weighted by Gasteiger charge is -2.34. The number of rotatable bonds is 5. The van der Waals surface area contributed by atoms with E-state index in [1.54, 1.807) is 0 Å². The number of carbonyl (C=O) groups excluding carboxylic acids is 2. The van der Waals surface area contributed by atoms with Gasteiger partial charge in [0.25, 0.3) is 0 Å². The highest BCUT2D eigenvalue weighted by Gasteiger charge is 2.19. The maximum absolute atomic E-state index is 11.7. The largest absolute Gasteiger partial charge is 0.369 e. The van der Waals surface area contributed by atoms with Gasteiger partial charge in [-0.05, 0) is 58.4 Å². The van der Waals surface area contributed by atoms with E-state index in [9.17, 15) is 9.59 Å². The van der Waals surface area contributed by atoms with Crippen LogP contribution in [0.3, 0.4) is 0 Å². The van der Waals surface area contributed by atoms with Crippen molar-refractivity contribution < 1.29 is 9.59 Å². The first-order chi connectivity index (χ1) is 12.2. The zero-order valence-electron chi connectivity index (χ0n) is 16.5. The summed E-state index contributed by atoms with van der Waals surface area (Å²) < 4.78 is 0. The molecule has 0 bridgehead atoms. The number of benzene rings is 1. The van der Waals surface area contributed by atoms with Crippen LogP contribution in [-0.2, 0) is 16.0 Å². The van der Waals surface area contributed by atoms with Gasteiger partial charge in [-0.1, -0.05) is 12.1 Å². The molecule has 26 heavy (non-hydrogen) atoms. The van der Waals surface area contributed by atoms with Crippen LogP contribution in [0.1, 0.15) is 32.8 Å².